The van der Waals surface area contributed by atoms with Gasteiger partial charge in [0, 0.05) is 37.6 Å². The Morgan fingerprint density at radius 2 is 2.00 bits per heavy atom. The van der Waals surface area contributed by atoms with Crippen LogP contribution in [0.3, 0.4) is 0 Å². The fraction of sp³-hybridized carbons (Fsp3) is 0.474. The normalized spacial score (nSPS) is 14.3. The number of ether oxygens (including phenoxy) is 2. The van der Waals surface area contributed by atoms with Crippen molar-refractivity contribution < 1.29 is 19.1 Å². The number of methoxy groups -OCH3 is 1. The van der Waals surface area contributed by atoms with Crippen molar-refractivity contribution in [3.63, 3.8) is 0 Å². The lowest BCUT2D eigenvalue weighted by atomic mass is 10.3. The van der Waals surface area contributed by atoms with E-state index in [1.807, 2.05) is 0 Å². The minimum Gasteiger partial charge on any atom is -0.497 e. The van der Waals surface area contributed by atoms with Gasteiger partial charge >= 0.3 is 0 Å². The summed E-state index contributed by atoms with van der Waals surface area (Å²) in [5, 5.41) is 14.7. The number of hydrogen-bond acceptors (Lipinski definition) is 9. The van der Waals surface area contributed by atoms with Gasteiger partial charge in [0.1, 0.15) is 10.8 Å². The van der Waals surface area contributed by atoms with E-state index in [0.717, 1.165) is 32.8 Å². The van der Waals surface area contributed by atoms with Crippen molar-refractivity contribution in [3.8, 4) is 5.75 Å². The third-order valence-electron chi connectivity index (χ3n) is 4.32. The first-order valence-corrected chi connectivity index (χ1v) is 11.5. The van der Waals surface area contributed by atoms with Crippen LogP contribution in [-0.4, -0.2) is 79.2 Å². The van der Waals surface area contributed by atoms with Crippen LogP contribution in [0, 0.1) is 0 Å². The minimum absolute atomic E-state index is 0.00440. The van der Waals surface area contributed by atoms with Gasteiger partial charge in [0.05, 0.1) is 26.1 Å². The highest BCUT2D eigenvalue weighted by Crippen LogP contribution is 2.19. The average molecular weight is 452 g/mol. The number of nitrogens with one attached hydrogen (secondary N) is 2. The highest BCUT2D eigenvalue weighted by atomic mass is 32.2. The van der Waals surface area contributed by atoms with E-state index in [0.29, 0.717) is 34.5 Å². The van der Waals surface area contributed by atoms with E-state index in [4.69, 9.17) is 9.47 Å². The second-order valence-corrected chi connectivity index (χ2v) is 8.53. The molecule has 30 heavy (non-hydrogen) atoms. The number of amides is 2. The van der Waals surface area contributed by atoms with Crippen LogP contribution in [0.25, 0.3) is 0 Å². The number of thioether (sulfide) groups is 1. The standard InChI is InChI=1S/C19H25N5O4S2/c1-27-15-4-2-14(3-5-15)21-18(26)19-23-22-17(30-19)13-29-12-16(25)20-6-7-24-8-10-28-11-9-24/h2-5H,6-13H2,1H3,(H,20,25)(H,21,26). The monoisotopic (exact) mass is 451 g/mol. The number of carbonyl (C=O) groups is 2. The van der Waals surface area contributed by atoms with Crippen molar-refractivity contribution >= 4 is 40.6 Å². The first-order chi connectivity index (χ1) is 14.6. The van der Waals surface area contributed by atoms with Crippen molar-refractivity contribution in [3.05, 3.63) is 34.3 Å². The fourth-order valence-corrected chi connectivity index (χ4v) is 4.36. The van der Waals surface area contributed by atoms with Gasteiger partial charge < -0.3 is 20.1 Å². The maximum Gasteiger partial charge on any atom is 0.286 e. The van der Waals surface area contributed by atoms with Gasteiger partial charge in [-0.2, -0.15) is 0 Å². The summed E-state index contributed by atoms with van der Waals surface area (Å²) in [6.07, 6.45) is 0. The van der Waals surface area contributed by atoms with Crippen LogP contribution < -0.4 is 15.4 Å². The Morgan fingerprint density at radius 1 is 1.23 bits per heavy atom. The summed E-state index contributed by atoms with van der Waals surface area (Å²) in [6.45, 7) is 4.81. The fourth-order valence-electron chi connectivity index (χ4n) is 2.72. The average Bonchev–Trinajstić information content (AvgIpc) is 3.24. The second-order valence-electron chi connectivity index (χ2n) is 6.48. The molecule has 2 amide bonds. The summed E-state index contributed by atoms with van der Waals surface area (Å²) < 4.78 is 10.4. The molecule has 162 valence electrons. The Balaban J connectivity index is 1.34. The predicted molar refractivity (Wildman–Crippen MR) is 117 cm³/mol. The third-order valence-corrected chi connectivity index (χ3v) is 6.37. The largest absolute Gasteiger partial charge is 0.497 e. The van der Waals surface area contributed by atoms with Crippen LogP contribution in [0.5, 0.6) is 5.75 Å². The van der Waals surface area contributed by atoms with Crippen molar-refractivity contribution in [2.24, 2.45) is 0 Å². The lowest BCUT2D eigenvalue weighted by Crippen LogP contribution is -2.41. The molecule has 0 aliphatic carbocycles. The maximum absolute atomic E-state index is 12.3. The number of hydrogen-bond donors (Lipinski definition) is 2. The van der Waals surface area contributed by atoms with E-state index in [-0.39, 0.29) is 16.8 Å². The second kappa shape index (κ2) is 11.8. The summed E-state index contributed by atoms with van der Waals surface area (Å²) in [5.74, 6) is 1.28. The SMILES string of the molecule is COc1ccc(NC(=O)c2nnc(CSCC(=O)NCCN3CCOCC3)s2)cc1. The van der Waals surface area contributed by atoms with Crippen LogP contribution in [0.1, 0.15) is 14.8 Å². The molecule has 0 atom stereocenters. The van der Waals surface area contributed by atoms with Gasteiger partial charge in [-0.1, -0.05) is 11.3 Å². The van der Waals surface area contributed by atoms with Crippen molar-refractivity contribution in [1.82, 2.24) is 20.4 Å². The van der Waals surface area contributed by atoms with Crippen LogP contribution in [-0.2, 0) is 15.3 Å². The smallest absolute Gasteiger partial charge is 0.286 e. The molecule has 9 nitrogen and oxygen atoms in total. The summed E-state index contributed by atoms with van der Waals surface area (Å²) >= 11 is 2.68. The molecule has 1 saturated heterocycles. The van der Waals surface area contributed by atoms with Gasteiger partial charge in [0.2, 0.25) is 10.9 Å². The first-order valence-electron chi connectivity index (χ1n) is 9.56. The molecule has 1 aromatic carbocycles. The molecule has 1 fully saturated rings. The van der Waals surface area contributed by atoms with Crippen LogP contribution >= 0.6 is 23.1 Å². The molecular formula is C19H25N5O4S2. The van der Waals surface area contributed by atoms with E-state index in [1.165, 1.54) is 23.1 Å². The summed E-state index contributed by atoms with van der Waals surface area (Å²) in [7, 11) is 1.59. The van der Waals surface area contributed by atoms with Gasteiger partial charge in [-0.3, -0.25) is 14.5 Å². The lowest BCUT2D eigenvalue weighted by Gasteiger charge is -2.26. The van der Waals surface area contributed by atoms with Crippen LogP contribution in [0.4, 0.5) is 5.69 Å². The molecule has 1 aliphatic heterocycles. The molecule has 0 spiro atoms. The number of aromatic nitrogens is 2. The van der Waals surface area contributed by atoms with E-state index in [1.54, 1.807) is 31.4 Å². The number of nitrogens with zero attached hydrogens (tertiary/aromatic N) is 3. The van der Waals surface area contributed by atoms with E-state index in [9.17, 15) is 9.59 Å². The van der Waals surface area contributed by atoms with Gasteiger partial charge in [0.25, 0.3) is 5.91 Å². The first kappa shape index (κ1) is 22.5. The molecule has 3 rings (SSSR count). The maximum atomic E-state index is 12.3. The van der Waals surface area contributed by atoms with Crippen LogP contribution in [0.15, 0.2) is 24.3 Å². The number of anilines is 1. The number of benzene rings is 1. The molecule has 2 N–H and O–H groups in total. The zero-order chi connectivity index (χ0) is 21.2. The number of rotatable bonds is 10. The van der Waals surface area contributed by atoms with Crippen molar-refractivity contribution in [2.75, 3.05) is 57.6 Å². The van der Waals surface area contributed by atoms with Crippen LogP contribution in [0.2, 0.25) is 0 Å². The molecule has 1 aliphatic rings. The Hall–Kier alpha value is -2.21. The van der Waals surface area contributed by atoms with E-state index >= 15 is 0 Å². The summed E-state index contributed by atoms with van der Waals surface area (Å²) in [4.78, 5) is 26.5. The predicted octanol–water partition coefficient (Wildman–Crippen LogP) is 1.48. The van der Waals surface area contributed by atoms with Gasteiger partial charge in [-0.15, -0.1) is 22.0 Å². The molecular weight excluding hydrogens is 426 g/mol. The quantitative estimate of drug-likeness (QED) is 0.560. The Bertz CT molecular complexity index is 825. The Kier molecular flexibility index (Phi) is 8.87. The molecule has 2 aromatic rings. The molecule has 0 saturated carbocycles. The molecule has 11 heteroatoms. The Labute approximate surface area is 183 Å². The van der Waals surface area contributed by atoms with Gasteiger partial charge in [-0.05, 0) is 24.3 Å². The molecule has 0 unspecified atom stereocenters. The topological polar surface area (TPSA) is 106 Å². The zero-order valence-electron chi connectivity index (χ0n) is 16.8. The highest BCUT2D eigenvalue weighted by Gasteiger charge is 2.14. The van der Waals surface area contributed by atoms with Gasteiger partial charge in [-0.25, -0.2) is 0 Å². The highest BCUT2D eigenvalue weighted by molar-refractivity contribution is 7.99. The molecule has 2 heterocycles. The Morgan fingerprint density at radius 3 is 2.73 bits per heavy atom. The lowest BCUT2D eigenvalue weighted by molar-refractivity contribution is -0.118. The number of carbonyl (C=O) groups excluding carboxylic acids is 2. The zero-order valence-corrected chi connectivity index (χ0v) is 18.4. The minimum atomic E-state index is -0.310. The van der Waals surface area contributed by atoms with E-state index in [2.05, 4.69) is 25.7 Å². The van der Waals surface area contributed by atoms with Crippen molar-refractivity contribution in [1.29, 1.82) is 0 Å². The third kappa shape index (κ3) is 7.24. The number of morpholine rings is 1. The molecule has 0 radical (unpaired) electrons. The summed E-state index contributed by atoms with van der Waals surface area (Å²) in [5.41, 5.74) is 0.653. The van der Waals surface area contributed by atoms with E-state index < -0.39 is 0 Å². The van der Waals surface area contributed by atoms with Crippen molar-refractivity contribution in [2.45, 2.75) is 5.75 Å². The molecule has 0 bridgehead atoms. The summed E-state index contributed by atoms with van der Waals surface area (Å²) in [6, 6.07) is 7.05. The molecule has 1 aromatic heterocycles. The van der Waals surface area contributed by atoms with Gasteiger partial charge in [0.15, 0.2) is 0 Å².